The molecule has 1 amide bonds. The second kappa shape index (κ2) is 4.90. The first-order valence-electron chi connectivity index (χ1n) is 6.29. The molecule has 0 aliphatic carbocycles. The predicted octanol–water partition coefficient (Wildman–Crippen LogP) is 3.66. The monoisotopic (exact) mass is 322 g/mol. The largest absolute Gasteiger partial charge is 0.496 e. The fraction of sp³-hybridized carbons (Fsp3) is 0.200. The molecule has 3 rings (SSSR count). The van der Waals surface area contributed by atoms with Crippen molar-refractivity contribution in [1.29, 1.82) is 0 Å². The van der Waals surface area contributed by atoms with Gasteiger partial charge in [-0.25, -0.2) is 4.98 Å². The quantitative estimate of drug-likeness (QED) is 0.858. The Morgan fingerprint density at radius 3 is 2.67 bits per heavy atom. The molecule has 0 saturated heterocycles. The molecule has 1 aromatic heterocycles. The summed E-state index contributed by atoms with van der Waals surface area (Å²) >= 11 is 12.0. The van der Waals surface area contributed by atoms with E-state index in [1.807, 2.05) is 6.92 Å². The normalized spacial score (nSPS) is 20.1. The van der Waals surface area contributed by atoms with E-state index in [1.165, 1.54) is 0 Å². The first-order valence-corrected chi connectivity index (χ1v) is 7.05. The summed E-state index contributed by atoms with van der Waals surface area (Å²) in [6.45, 7) is 1.82. The number of amides is 1. The lowest BCUT2D eigenvalue weighted by atomic mass is 9.77. The minimum Gasteiger partial charge on any atom is -0.496 e. The van der Waals surface area contributed by atoms with Crippen LogP contribution in [0.25, 0.3) is 0 Å². The summed E-state index contributed by atoms with van der Waals surface area (Å²) < 4.78 is 5.38. The van der Waals surface area contributed by atoms with Crippen LogP contribution in [0.1, 0.15) is 18.1 Å². The molecule has 6 heteroatoms. The Morgan fingerprint density at radius 2 is 1.95 bits per heavy atom. The van der Waals surface area contributed by atoms with Crippen molar-refractivity contribution in [2.75, 3.05) is 12.4 Å². The number of hydrogen-bond acceptors (Lipinski definition) is 3. The zero-order chi connectivity index (χ0) is 15.2. The molecular weight excluding hydrogens is 311 g/mol. The van der Waals surface area contributed by atoms with Crippen molar-refractivity contribution < 1.29 is 9.53 Å². The van der Waals surface area contributed by atoms with Gasteiger partial charge in [-0.3, -0.25) is 4.79 Å². The number of pyridine rings is 1. The van der Waals surface area contributed by atoms with Gasteiger partial charge in [0, 0.05) is 16.1 Å². The van der Waals surface area contributed by atoms with Crippen LogP contribution in [-0.2, 0) is 10.2 Å². The van der Waals surface area contributed by atoms with Gasteiger partial charge in [-0.15, -0.1) is 0 Å². The Labute approximate surface area is 132 Å². The SMILES string of the molecule is COc1ccc(Cl)cc1C1(C)C(=O)Nc2nc(Cl)ccc21. The second-order valence-electron chi connectivity index (χ2n) is 4.95. The minimum atomic E-state index is -0.927. The highest BCUT2D eigenvalue weighted by molar-refractivity contribution is 6.31. The summed E-state index contributed by atoms with van der Waals surface area (Å²) in [6.07, 6.45) is 0. The third-order valence-corrected chi connectivity index (χ3v) is 4.23. The maximum Gasteiger partial charge on any atom is 0.240 e. The van der Waals surface area contributed by atoms with Crippen molar-refractivity contribution in [3.05, 3.63) is 51.6 Å². The number of benzene rings is 1. The zero-order valence-electron chi connectivity index (χ0n) is 11.4. The third kappa shape index (κ3) is 2.06. The van der Waals surface area contributed by atoms with Crippen LogP contribution in [0.15, 0.2) is 30.3 Å². The summed E-state index contributed by atoms with van der Waals surface area (Å²) in [6, 6.07) is 8.67. The third-order valence-electron chi connectivity index (χ3n) is 3.79. The van der Waals surface area contributed by atoms with Crippen molar-refractivity contribution in [3.8, 4) is 5.75 Å². The first kappa shape index (κ1) is 14.2. The van der Waals surface area contributed by atoms with E-state index < -0.39 is 5.41 Å². The number of nitrogens with zero attached hydrogens (tertiary/aromatic N) is 1. The molecule has 0 saturated carbocycles. The summed E-state index contributed by atoms with van der Waals surface area (Å²) in [5, 5.41) is 3.63. The molecule has 21 heavy (non-hydrogen) atoms. The molecule has 2 heterocycles. The molecule has 1 aromatic carbocycles. The summed E-state index contributed by atoms with van der Waals surface area (Å²) in [5.74, 6) is 0.879. The van der Waals surface area contributed by atoms with Crippen LogP contribution in [0.2, 0.25) is 10.2 Å². The van der Waals surface area contributed by atoms with Gasteiger partial charge in [0.05, 0.1) is 7.11 Å². The Balaban J connectivity index is 2.27. The van der Waals surface area contributed by atoms with Crippen molar-refractivity contribution in [2.45, 2.75) is 12.3 Å². The van der Waals surface area contributed by atoms with Gasteiger partial charge in [0.25, 0.3) is 0 Å². The van der Waals surface area contributed by atoms with E-state index in [9.17, 15) is 4.79 Å². The molecule has 0 spiro atoms. The van der Waals surface area contributed by atoms with Crippen LogP contribution >= 0.6 is 23.2 Å². The molecule has 1 unspecified atom stereocenters. The maximum atomic E-state index is 12.6. The first-order chi connectivity index (χ1) is 9.96. The van der Waals surface area contributed by atoms with Gasteiger partial charge < -0.3 is 10.1 Å². The van der Waals surface area contributed by atoms with Crippen LogP contribution in [0, 0.1) is 0 Å². The van der Waals surface area contributed by atoms with Crippen molar-refractivity contribution in [3.63, 3.8) is 0 Å². The van der Waals surface area contributed by atoms with Gasteiger partial charge in [-0.1, -0.05) is 29.3 Å². The van der Waals surface area contributed by atoms with Crippen molar-refractivity contribution in [2.24, 2.45) is 0 Å². The maximum absolute atomic E-state index is 12.6. The number of rotatable bonds is 2. The summed E-state index contributed by atoms with van der Waals surface area (Å²) in [4.78, 5) is 16.7. The van der Waals surface area contributed by atoms with E-state index >= 15 is 0 Å². The topological polar surface area (TPSA) is 51.2 Å². The molecule has 108 valence electrons. The minimum absolute atomic E-state index is 0.187. The number of ether oxygens (including phenoxy) is 1. The van der Waals surface area contributed by atoms with E-state index in [4.69, 9.17) is 27.9 Å². The number of aromatic nitrogens is 1. The molecule has 1 atom stereocenters. The second-order valence-corrected chi connectivity index (χ2v) is 5.78. The predicted molar refractivity (Wildman–Crippen MR) is 82.3 cm³/mol. The molecule has 1 aliphatic rings. The number of fused-ring (bicyclic) bond motifs is 1. The van der Waals surface area contributed by atoms with Crippen LogP contribution < -0.4 is 10.1 Å². The van der Waals surface area contributed by atoms with Gasteiger partial charge >= 0.3 is 0 Å². The molecule has 2 aromatic rings. The van der Waals surface area contributed by atoms with E-state index in [0.29, 0.717) is 27.3 Å². The van der Waals surface area contributed by atoms with Gasteiger partial charge in [-0.05, 0) is 31.2 Å². The van der Waals surface area contributed by atoms with Crippen molar-refractivity contribution >= 4 is 34.9 Å². The zero-order valence-corrected chi connectivity index (χ0v) is 12.9. The smallest absolute Gasteiger partial charge is 0.240 e. The van der Waals surface area contributed by atoms with Crippen LogP contribution in [0.5, 0.6) is 5.75 Å². The van der Waals surface area contributed by atoms with Crippen LogP contribution in [-0.4, -0.2) is 18.0 Å². The Kier molecular flexibility index (Phi) is 3.30. The lowest BCUT2D eigenvalue weighted by Crippen LogP contribution is -2.32. The Hall–Kier alpha value is -1.78. The average Bonchev–Trinajstić information content (AvgIpc) is 2.70. The van der Waals surface area contributed by atoms with E-state index in [0.717, 1.165) is 5.56 Å². The molecule has 0 fully saturated rings. The molecule has 4 nitrogen and oxygen atoms in total. The fourth-order valence-electron chi connectivity index (χ4n) is 2.63. The standard InChI is InChI=1S/C15H12Cl2N2O2/c1-15(10-7-8(16)3-5-11(10)21-2)9-4-6-12(17)18-13(9)19-14(15)20/h3-7H,1-2H3,(H,18,19,20). The number of carbonyl (C=O) groups is 1. The number of methoxy groups -OCH3 is 1. The van der Waals surface area contributed by atoms with Crippen LogP contribution in [0.4, 0.5) is 5.82 Å². The summed E-state index contributed by atoms with van der Waals surface area (Å²) in [7, 11) is 1.56. The fourth-order valence-corrected chi connectivity index (χ4v) is 2.95. The highest BCUT2D eigenvalue weighted by Crippen LogP contribution is 2.45. The highest BCUT2D eigenvalue weighted by atomic mass is 35.5. The number of carbonyl (C=O) groups excluding carboxylic acids is 1. The van der Waals surface area contributed by atoms with E-state index in [1.54, 1.807) is 37.4 Å². The number of nitrogens with one attached hydrogen (secondary N) is 1. The number of hydrogen-bond donors (Lipinski definition) is 1. The highest BCUT2D eigenvalue weighted by Gasteiger charge is 2.46. The van der Waals surface area contributed by atoms with Gasteiger partial charge in [0.15, 0.2) is 0 Å². The number of halogens is 2. The average molecular weight is 323 g/mol. The van der Waals surface area contributed by atoms with Crippen molar-refractivity contribution in [1.82, 2.24) is 4.98 Å². The van der Waals surface area contributed by atoms with Gasteiger partial charge in [-0.2, -0.15) is 0 Å². The van der Waals surface area contributed by atoms with Gasteiger partial charge in [0.1, 0.15) is 22.1 Å². The van der Waals surface area contributed by atoms with Gasteiger partial charge in [0.2, 0.25) is 5.91 Å². The molecule has 1 N–H and O–H groups in total. The summed E-state index contributed by atoms with van der Waals surface area (Å²) in [5.41, 5.74) is 0.513. The molecule has 0 radical (unpaired) electrons. The lowest BCUT2D eigenvalue weighted by molar-refractivity contribution is -0.119. The Morgan fingerprint density at radius 1 is 1.19 bits per heavy atom. The van der Waals surface area contributed by atoms with Crippen LogP contribution in [0.3, 0.4) is 0 Å². The number of anilines is 1. The van der Waals surface area contributed by atoms with E-state index in [2.05, 4.69) is 10.3 Å². The molecule has 1 aliphatic heterocycles. The molecule has 0 bridgehead atoms. The Bertz CT molecular complexity index is 748. The lowest BCUT2D eigenvalue weighted by Gasteiger charge is -2.25. The van der Waals surface area contributed by atoms with E-state index in [-0.39, 0.29) is 5.91 Å². The molecular formula is C15H12Cl2N2O2.